The first-order chi connectivity index (χ1) is 6.61. The van der Waals surface area contributed by atoms with Crippen molar-refractivity contribution in [3.63, 3.8) is 0 Å². The summed E-state index contributed by atoms with van der Waals surface area (Å²) in [6.45, 7) is 6.73. The number of carbonyl (C=O) groups excluding carboxylic acids is 2. The number of hydrogen-bond acceptors (Lipinski definition) is 5. The summed E-state index contributed by atoms with van der Waals surface area (Å²) >= 11 is 0. The van der Waals surface area contributed by atoms with Gasteiger partial charge in [0.15, 0.2) is 0 Å². The van der Waals surface area contributed by atoms with E-state index in [1.807, 2.05) is 0 Å². The van der Waals surface area contributed by atoms with E-state index in [1.54, 1.807) is 0 Å². The molecule has 0 amide bonds. The van der Waals surface area contributed by atoms with Crippen molar-refractivity contribution in [2.24, 2.45) is 0 Å². The second-order valence-electron chi connectivity index (χ2n) is 2.18. The fraction of sp³-hybridized carbons (Fsp3) is 0.333. The molecule has 0 atom stereocenters. The first kappa shape index (κ1) is 12.4. The van der Waals surface area contributed by atoms with Crippen molar-refractivity contribution in [2.45, 2.75) is 0 Å². The molecule has 78 valence electrons. The molecule has 0 radical (unpaired) electrons. The quantitative estimate of drug-likeness (QED) is 0.269. The van der Waals surface area contributed by atoms with Gasteiger partial charge >= 0.3 is 11.9 Å². The van der Waals surface area contributed by atoms with Crippen LogP contribution in [0.15, 0.2) is 25.0 Å². The molecule has 0 unspecified atom stereocenters. The lowest BCUT2D eigenvalue weighted by molar-refractivity contribution is -0.149. The van der Waals surface area contributed by atoms with Gasteiger partial charge in [0.25, 0.3) is 0 Å². The van der Waals surface area contributed by atoms with E-state index >= 15 is 0 Å². The van der Waals surface area contributed by atoms with Crippen LogP contribution in [0.2, 0.25) is 0 Å². The number of esters is 2. The standard InChI is InChI=1S/C9H12O5/c1-4-8(10)14-7(2)9(11)13-6-5-12-3/h4H,1-2,5-6H2,3H3. The van der Waals surface area contributed by atoms with Gasteiger partial charge in [0.1, 0.15) is 6.61 Å². The van der Waals surface area contributed by atoms with Crippen molar-refractivity contribution in [2.75, 3.05) is 20.3 Å². The molecule has 0 aliphatic carbocycles. The van der Waals surface area contributed by atoms with E-state index in [0.29, 0.717) is 0 Å². The monoisotopic (exact) mass is 200 g/mol. The fourth-order valence-corrected chi connectivity index (χ4v) is 0.503. The van der Waals surface area contributed by atoms with Crippen LogP contribution in [0.4, 0.5) is 0 Å². The predicted octanol–water partition coefficient (Wildman–Crippen LogP) is 0.419. The molecule has 0 bridgehead atoms. The van der Waals surface area contributed by atoms with Crippen LogP contribution in [0.3, 0.4) is 0 Å². The molecule has 0 fully saturated rings. The lowest BCUT2D eigenvalue weighted by atomic mass is 10.5. The van der Waals surface area contributed by atoms with Crippen molar-refractivity contribution < 1.29 is 23.8 Å². The van der Waals surface area contributed by atoms with E-state index in [2.05, 4.69) is 27.4 Å². The first-order valence-electron chi connectivity index (χ1n) is 3.81. The van der Waals surface area contributed by atoms with Gasteiger partial charge in [-0.1, -0.05) is 6.58 Å². The number of carbonyl (C=O) groups is 2. The van der Waals surface area contributed by atoms with Crippen molar-refractivity contribution >= 4 is 11.9 Å². The zero-order valence-corrected chi connectivity index (χ0v) is 7.95. The third kappa shape index (κ3) is 5.10. The minimum Gasteiger partial charge on any atom is -0.457 e. The summed E-state index contributed by atoms with van der Waals surface area (Å²) in [6.07, 6.45) is 0.924. The predicted molar refractivity (Wildman–Crippen MR) is 48.3 cm³/mol. The van der Waals surface area contributed by atoms with Gasteiger partial charge in [-0.15, -0.1) is 0 Å². The summed E-state index contributed by atoms with van der Waals surface area (Å²) in [5, 5.41) is 0. The van der Waals surface area contributed by atoms with Gasteiger partial charge < -0.3 is 14.2 Å². The average molecular weight is 200 g/mol. The van der Waals surface area contributed by atoms with Crippen molar-refractivity contribution in [3.05, 3.63) is 25.0 Å². The molecule has 0 rings (SSSR count). The van der Waals surface area contributed by atoms with Crippen LogP contribution in [-0.4, -0.2) is 32.3 Å². The Hall–Kier alpha value is -1.62. The normalized spacial score (nSPS) is 8.93. The fourth-order valence-electron chi connectivity index (χ4n) is 0.503. The van der Waals surface area contributed by atoms with Crippen LogP contribution in [-0.2, 0) is 23.8 Å². The average Bonchev–Trinajstić information content (AvgIpc) is 2.17. The number of rotatable bonds is 6. The van der Waals surface area contributed by atoms with Crippen molar-refractivity contribution in [3.8, 4) is 0 Å². The molecule has 0 aromatic rings. The maximum atomic E-state index is 11.0. The zero-order valence-electron chi connectivity index (χ0n) is 7.95. The maximum absolute atomic E-state index is 11.0. The highest BCUT2D eigenvalue weighted by atomic mass is 16.6. The Labute approximate surface area is 81.9 Å². The molecule has 0 aromatic heterocycles. The van der Waals surface area contributed by atoms with Gasteiger partial charge in [-0.3, -0.25) is 0 Å². The third-order valence-electron chi connectivity index (χ3n) is 1.14. The van der Waals surface area contributed by atoms with Crippen LogP contribution in [0.5, 0.6) is 0 Å². The molecule has 14 heavy (non-hydrogen) atoms. The largest absolute Gasteiger partial charge is 0.457 e. The number of hydrogen-bond donors (Lipinski definition) is 0. The summed E-state index contributed by atoms with van der Waals surface area (Å²) in [4.78, 5) is 21.6. The molecule has 5 nitrogen and oxygen atoms in total. The first-order valence-corrected chi connectivity index (χ1v) is 3.81. The molecule has 0 N–H and O–H groups in total. The number of ether oxygens (including phenoxy) is 3. The highest BCUT2D eigenvalue weighted by Gasteiger charge is 2.12. The maximum Gasteiger partial charge on any atom is 0.373 e. The Balaban J connectivity index is 3.82. The molecule has 0 spiro atoms. The van der Waals surface area contributed by atoms with Crippen LogP contribution >= 0.6 is 0 Å². The van der Waals surface area contributed by atoms with Crippen molar-refractivity contribution in [1.82, 2.24) is 0 Å². The van der Waals surface area contributed by atoms with Gasteiger partial charge in [-0.25, -0.2) is 9.59 Å². The molecule has 5 heteroatoms. The van der Waals surface area contributed by atoms with E-state index in [0.717, 1.165) is 6.08 Å². The molecule has 0 aromatic carbocycles. The minimum absolute atomic E-state index is 0.0833. The van der Waals surface area contributed by atoms with Crippen LogP contribution in [0.25, 0.3) is 0 Å². The van der Waals surface area contributed by atoms with E-state index < -0.39 is 11.9 Å². The topological polar surface area (TPSA) is 61.8 Å². The van der Waals surface area contributed by atoms with Gasteiger partial charge in [-0.2, -0.15) is 0 Å². The SMILES string of the molecule is C=CC(=O)OC(=C)C(=O)OCCOC. The Kier molecular flexibility index (Phi) is 6.06. The van der Waals surface area contributed by atoms with Gasteiger partial charge in [0.05, 0.1) is 6.61 Å². The molecule has 0 heterocycles. The smallest absolute Gasteiger partial charge is 0.373 e. The van der Waals surface area contributed by atoms with Gasteiger partial charge in [-0.05, 0) is 6.58 Å². The molecular weight excluding hydrogens is 188 g/mol. The zero-order chi connectivity index (χ0) is 11.0. The molecule has 0 saturated carbocycles. The van der Waals surface area contributed by atoms with Crippen LogP contribution in [0, 0.1) is 0 Å². The van der Waals surface area contributed by atoms with E-state index in [9.17, 15) is 9.59 Å². The third-order valence-corrected chi connectivity index (χ3v) is 1.14. The molecular formula is C9H12O5. The van der Waals surface area contributed by atoms with E-state index in [4.69, 9.17) is 0 Å². The molecule has 0 aliphatic rings. The summed E-state index contributed by atoms with van der Waals surface area (Å²) in [6, 6.07) is 0. The van der Waals surface area contributed by atoms with Crippen LogP contribution < -0.4 is 0 Å². The van der Waals surface area contributed by atoms with Crippen molar-refractivity contribution in [1.29, 1.82) is 0 Å². The Morgan fingerprint density at radius 2 is 2.00 bits per heavy atom. The lowest BCUT2D eigenvalue weighted by Crippen LogP contribution is -2.14. The Morgan fingerprint density at radius 1 is 1.36 bits per heavy atom. The summed E-state index contributed by atoms with van der Waals surface area (Å²) in [7, 11) is 1.47. The van der Waals surface area contributed by atoms with Crippen LogP contribution in [0.1, 0.15) is 0 Å². The lowest BCUT2D eigenvalue weighted by Gasteiger charge is -2.05. The van der Waals surface area contributed by atoms with Gasteiger partial charge in [0, 0.05) is 13.2 Å². The second-order valence-corrected chi connectivity index (χ2v) is 2.18. The summed E-state index contributed by atoms with van der Waals surface area (Å²) in [5.41, 5.74) is 0. The van der Waals surface area contributed by atoms with Gasteiger partial charge in [0.2, 0.25) is 5.76 Å². The Bertz CT molecular complexity index is 244. The molecule has 0 saturated heterocycles. The minimum atomic E-state index is -0.794. The Morgan fingerprint density at radius 3 is 2.50 bits per heavy atom. The molecule has 0 aliphatic heterocycles. The number of methoxy groups -OCH3 is 1. The summed E-state index contributed by atoms with van der Waals surface area (Å²) < 4.78 is 13.7. The van der Waals surface area contributed by atoms with E-state index in [1.165, 1.54) is 7.11 Å². The highest BCUT2D eigenvalue weighted by Crippen LogP contribution is 1.98. The second kappa shape index (κ2) is 6.85. The van der Waals surface area contributed by atoms with E-state index in [-0.39, 0.29) is 19.0 Å². The highest BCUT2D eigenvalue weighted by molar-refractivity contribution is 5.91. The summed E-state index contributed by atoms with van der Waals surface area (Å²) in [5.74, 6) is -1.91.